The van der Waals surface area contributed by atoms with E-state index in [1.165, 1.54) is 11.1 Å². The third-order valence-electron chi connectivity index (χ3n) is 4.02. The number of aryl methyl sites for hydroxylation is 2. The quantitative estimate of drug-likeness (QED) is 0.894. The van der Waals surface area contributed by atoms with E-state index in [1.54, 1.807) is 13.8 Å². The Morgan fingerprint density at radius 1 is 1.11 bits per heavy atom. The van der Waals surface area contributed by atoms with Crippen molar-refractivity contribution < 1.29 is 9.90 Å². The molecule has 100 valence electrons. The number of anilines is 1. The molecule has 0 amide bonds. The molecule has 0 aliphatic rings. The van der Waals surface area contributed by atoms with Crippen LogP contribution in [0.4, 0.5) is 5.69 Å². The van der Waals surface area contributed by atoms with E-state index in [0.29, 0.717) is 0 Å². The van der Waals surface area contributed by atoms with Gasteiger partial charge in [0.2, 0.25) is 0 Å². The molecule has 3 heteroatoms. The van der Waals surface area contributed by atoms with E-state index in [-0.39, 0.29) is 0 Å². The van der Waals surface area contributed by atoms with Crippen molar-refractivity contribution in [3.63, 3.8) is 0 Å². The molecule has 0 heterocycles. The first kappa shape index (κ1) is 14.6. The van der Waals surface area contributed by atoms with Gasteiger partial charge in [-0.25, -0.2) is 4.79 Å². The molecular weight excluding hydrogens is 226 g/mol. The summed E-state index contributed by atoms with van der Waals surface area (Å²) in [6, 6.07) is 2.15. The number of likely N-dealkylation sites (N-methyl/N-ethyl adjacent to an activating group) is 1. The predicted molar refractivity (Wildman–Crippen MR) is 75.5 cm³/mol. The number of carboxylic acids is 1. The minimum atomic E-state index is -0.921. The van der Waals surface area contributed by atoms with Gasteiger partial charge in [-0.05, 0) is 63.8 Å². The smallest absolute Gasteiger partial charge is 0.328 e. The Morgan fingerprint density at radius 3 is 1.83 bits per heavy atom. The minimum Gasteiger partial charge on any atom is -0.480 e. The normalized spacial score (nSPS) is 11.5. The maximum absolute atomic E-state index is 11.4. The first-order chi connectivity index (χ1) is 8.10. The van der Waals surface area contributed by atoms with Crippen molar-refractivity contribution in [3.8, 4) is 0 Å². The van der Waals surface area contributed by atoms with Crippen molar-refractivity contribution in [2.75, 3.05) is 11.9 Å². The average Bonchev–Trinajstić information content (AvgIpc) is 2.26. The van der Waals surface area contributed by atoms with Crippen LogP contribution in [0.25, 0.3) is 0 Å². The van der Waals surface area contributed by atoms with Crippen molar-refractivity contribution >= 4 is 11.7 Å². The summed E-state index contributed by atoms with van der Waals surface area (Å²) in [6.45, 7) is 11.7. The van der Waals surface area contributed by atoms with Gasteiger partial charge in [-0.15, -0.1) is 0 Å². The second-order valence-electron chi connectivity index (χ2n) is 5.53. The summed E-state index contributed by atoms with van der Waals surface area (Å²) < 4.78 is 0. The highest BCUT2D eigenvalue weighted by atomic mass is 16.4. The molecule has 0 saturated carbocycles. The van der Waals surface area contributed by atoms with Gasteiger partial charge in [-0.1, -0.05) is 6.07 Å². The van der Waals surface area contributed by atoms with Crippen molar-refractivity contribution in [2.45, 2.75) is 47.1 Å². The van der Waals surface area contributed by atoms with Crippen molar-refractivity contribution in [1.82, 2.24) is 0 Å². The predicted octanol–water partition coefficient (Wildman–Crippen LogP) is 3.22. The van der Waals surface area contributed by atoms with Crippen LogP contribution >= 0.6 is 0 Å². The van der Waals surface area contributed by atoms with Gasteiger partial charge >= 0.3 is 5.97 Å². The van der Waals surface area contributed by atoms with Crippen LogP contribution < -0.4 is 4.90 Å². The van der Waals surface area contributed by atoms with Gasteiger partial charge < -0.3 is 10.0 Å². The topological polar surface area (TPSA) is 40.5 Å². The van der Waals surface area contributed by atoms with Crippen LogP contribution in [0, 0.1) is 27.7 Å². The fourth-order valence-corrected chi connectivity index (χ4v) is 2.12. The summed E-state index contributed by atoms with van der Waals surface area (Å²) in [4.78, 5) is 13.2. The molecule has 1 aromatic carbocycles. The largest absolute Gasteiger partial charge is 0.480 e. The van der Waals surface area contributed by atoms with Gasteiger partial charge in [0.25, 0.3) is 0 Å². The van der Waals surface area contributed by atoms with Gasteiger partial charge in [0.15, 0.2) is 0 Å². The lowest BCUT2D eigenvalue weighted by Crippen LogP contribution is -2.48. The zero-order chi connectivity index (χ0) is 14.2. The van der Waals surface area contributed by atoms with Crippen LogP contribution in [0.2, 0.25) is 0 Å². The lowest BCUT2D eigenvalue weighted by Gasteiger charge is -2.36. The number of carboxylic acid groups (broad SMARTS) is 1. The van der Waals surface area contributed by atoms with Crippen LogP contribution in [0.5, 0.6) is 0 Å². The Balaban J connectivity index is 3.47. The number of benzene rings is 1. The minimum absolute atomic E-state index is 0.817. The highest BCUT2D eigenvalue weighted by Gasteiger charge is 2.34. The van der Waals surface area contributed by atoms with E-state index in [2.05, 4.69) is 19.9 Å². The third kappa shape index (κ3) is 2.22. The molecule has 0 atom stereocenters. The number of hydrogen-bond acceptors (Lipinski definition) is 2. The highest BCUT2D eigenvalue weighted by Crippen LogP contribution is 2.33. The second-order valence-corrected chi connectivity index (χ2v) is 5.53. The van der Waals surface area contributed by atoms with Crippen LogP contribution in [-0.2, 0) is 4.79 Å². The van der Waals surface area contributed by atoms with Crippen LogP contribution in [0.1, 0.15) is 36.1 Å². The summed E-state index contributed by atoms with van der Waals surface area (Å²) >= 11 is 0. The van der Waals surface area contributed by atoms with Gasteiger partial charge in [0.1, 0.15) is 5.54 Å². The molecule has 0 aromatic heterocycles. The Morgan fingerprint density at radius 2 is 1.50 bits per heavy atom. The molecule has 3 nitrogen and oxygen atoms in total. The number of nitrogens with zero attached hydrogens (tertiary/aromatic N) is 1. The van der Waals surface area contributed by atoms with Gasteiger partial charge in [0, 0.05) is 12.7 Å². The molecule has 0 spiro atoms. The van der Waals surface area contributed by atoms with E-state index in [1.807, 2.05) is 25.8 Å². The summed E-state index contributed by atoms with van der Waals surface area (Å²) in [5.74, 6) is -0.817. The van der Waals surface area contributed by atoms with E-state index in [9.17, 15) is 9.90 Å². The van der Waals surface area contributed by atoms with E-state index in [4.69, 9.17) is 0 Å². The van der Waals surface area contributed by atoms with Crippen LogP contribution in [0.15, 0.2) is 6.07 Å². The molecule has 0 fully saturated rings. The molecule has 0 saturated heterocycles. The Bertz CT molecular complexity index is 464. The number of rotatable bonds is 3. The molecule has 18 heavy (non-hydrogen) atoms. The fraction of sp³-hybridized carbons (Fsp3) is 0.533. The zero-order valence-corrected chi connectivity index (χ0v) is 12.4. The second kappa shape index (κ2) is 4.63. The summed E-state index contributed by atoms with van der Waals surface area (Å²) in [5, 5.41) is 9.35. The Hall–Kier alpha value is -1.51. The standard InChI is InChI=1S/C15H23NO2/c1-9-8-10(2)12(4)13(11(9)3)16(7)15(5,6)14(17)18/h8H,1-7H3,(H,17,18). The maximum atomic E-state index is 11.4. The van der Waals surface area contributed by atoms with Crippen molar-refractivity contribution in [1.29, 1.82) is 0 Å². The lowest BCUT2D eigenvalue weighted by molar-refractivity contribution is -0.142. The Labute approximate surface area is 109 Å². The van der Waals surface area contributed by atoms with E-state index < -0.39 is 11.5 Å². The molecule has 0 aliphatic carbocycles. The van der Waals surface area contributed by atoms with Crippen LogP contribution in [-0.4, -0.2) is 23.7 Å². The molecule has 0 unspecified atom stereocenters. The number of carbonyl (C=O) groups is 1. The molecule has 0 radical (unpaired) electrons. The van der Waals surface area contributed by atoms with Gasteiger partial charge in [-0.3, -0.25) is 0 Å². The maximum Gasteiger partial charge on any atom is 0.328 e. The first-order valence-electron chi connectivity index (χ1n) is 6.15. The molecular formula is C15H23NO2. The lowest BCUT2D eigenvalue weighted by atomic mass is 9.94. The SMILES string of the molecule is Cc1cc(C)c(C)c(N(C)C(C)(C)C(=O)O)c1C. The monoisotopic (exact) mass is 249 g/mol. The first-order valence-corrected chi connectivity index (χ1v) is 6.15. The van der Waals surface area contributed by atoms with Crippen LogP contribution in [0.3, 0.4) is 0 Å². The van der Waals surface area contributed by atoms with Crippen molar-refractivity contribution in [2.24, 2.45) is 0 Å². The van der Waals surface area contributed by atoms with Gasteiger partial charge in [-0.2, -0.15) is 0 Å². The average molecular weight is 249 g/mol. The molecule has 1 aromatic rings. The number of aliphatic carboxylic acids is 1. The third-order valence-corrected chi connectivity index (χ3v) is 4.02. The van der Waals surface area contributed by atoms with E-state index in [0.717, 1.165) is 16.8 Å². The van der Waals surface area contributed by atoms with E-state index >= 15 is 0 Å². The molecule has 0 bridgehead atoms. The summed E-state index contributed by atoms with van der Waals surface area (Å²) in [6.07, 6.45) is 0. The molecule has 1 rings (SSSR count). The van der Waals surface area contributed by atoms with Crippen molar-refractivity contribution in [3.05, 3.63) is 28.3 Å². The Kier molecular flexibility index (Phi) is 3.75. The molecule has 1 N–H and O–H groups in total. The highest BCUT2D eigenvalue weighted by molar-refractivity contribution is 5.83. The summed E-state index contributed by atoms with van der Waals surface area (Å²) in [5.41, 5.74) is 4.79. The zero-order valence-electron chi connectivity index (χ0n) is 12.4. The fourth-order valence-electron chi connectivity index (χ4n) is 2.12. The summed E-state index contributed by atoms with van der Waals surface area (Å²) in [7, 11) is 1.85. The molecule has 0 aliphatic heterocycles. The number of hydrogen-bond donors (Lipinski definition) is 1. The van der Waals surface area contributed by atoms with Gasteiger partial charge in [0.05, 0.1) is 0 Å².